The van der Waals surface area contributed by atoms with Crippen molar-refractivity contribution in [2.45, 2.75) is 20.4 Å². The van der Waals surface area contributed by atoms with Crippen molar-refractivity contribution in [3.63, 3.8) is 0 Å². The minimum atomic E-state index is 0. The first-order valence-corrected chi connectivity index (χ1v) is 9.48. The largest absolute Gasteiger partial charge is 0.497 e. The Morgan fingerprint density at radius 2 is 1.76 bits per heavy atom. The van der Waals surface area contributed by atoms with Crippen LogP contribution in [0.1, 0.15) is 28.1 Å². The monoisotopic (exact) mass is 404 g/mol. The molecule has 4 heteroatoms. The number of aryl methyl sites for hydroxylation is 1. The topological polar surface area (TPSA) is 27.1 Å². The summed E-state index contributed by atoms with van der Waals surface area (Å²) < 4.78 is 7.75. The lowest BCUT2D eigenvalue weighted by Gasteiger charge is -2.11. The van der Waals surface area contributed by atoms with E-state index in [9.17, 15) is 0 Å². The molecular weight excluding hydrogens is 380 g/mol. The second kappa shape index (κ2) is 8.97. The van der Waals surface area contributed by atoms with Crippen LogP contribution in [0.2, 0.25) is 0 Å². The van der Waals surface area contributed by atoms with Crippen LogP contribution >= 0.6 is 12.4 Å². The Morgan fingerprint density at radius 3 is 2.52 bits per heavy atom. The molecule has 0 amide bonds. The number of benzene rings is 2. The Bertz CT molecular complexity index is 1150. The third-order valence-corrected chi connectivity index (χ3v) is 5.28. The molecule has 4 aromatic rings. The summed E-state index contributed by atoms with van der Waals surface area (Å²) in [5, 5.41) is 1.25. The fraction of sp³-hybridized carbons (Fsp3) is 0.160. The van der Waals surface area contributed by atoms with Crippen molar-refractivity contribution in [2.75, 3.05) is 7.11 Å². The highest BCUT2D eigenvalue weighted by atomic mass is 35.5. The number of aromatic nitrogens is 2. The summed E-state index contributed by atoms with van der Waals surface area (Å²) in [7, 11) is 1.70. The van der Waals surface area contributed by atoms with Crippen molar-refractivity contribution < 1.29 is 4.74 Å². The molecule has 2 aromatic carbocycles. The zero-order chi connectivity index (χ0) is 19.5. The zero-order valence-corrected chi connectivity index (χ0v) is 17.7. The van der Waals surface area contributed by atoms with E-state index in [0.717, 1.165) is 18.0 Å². The van der Waals surface area contributed by atoms with E-state index in [1.807, 2.05) is 36.5 Å². The number of ether oxygens (including phenoxy) is 1. The summed E-state index contributed by atoms with van der Waals surface area (Å²) in [5.74, 6) is 0.880. The van der Waals surface area contributed by atoms with E-state index >= 15 is 0 Å². The first-order chi connectivity index (χ1) is 13.7. The fourth-order valence-electron chi connectivity index (χ4n) is 3.63. The second-order valence-corrected chi connectivity index (χ2v) is 6.98. The van der Waals surface area contributed by atoms with Gasteiger partial charge in [-0.1, -0.05) is 48.5 Å². The average Bonchev–Trinajstić information content (AvgIpc) is 2.98. The molecule has 0 radical (unpaired) electrons. The van der Waals surface area contributed by atoms with E-state index < -0.39 is 0 Å². The molecule has 0 fully saturated rings. The van der Waals surface area contributed by atoms with Crippen LogP contribution in [-0.4, -0.2) is 16.7 Å². The molecule has 2 heterocycles. The number of hydrogen-bond donors (Lipinski definition) is 0. The highest BCUT2D eigenvalue weighted by molar-refractivity contribution is 5.92. The Labute approximate surface area is 178 Å². The Morgan fingerprint density at radius 1 is 0.966 bits per heavy atom. The van der Waals surface area contributed by atoms with Crippen LogP contribution in [0.15, 0.2) is 66.9 Å². The lowest BCUT2D eigenvalue weighted by atomic mass is 10.1. The van der Waals surface area contributed by atoms with Gasteiger partial charge in [-0.15, -0.1) is 12.4 Å². The van der Waals surface area contributed by atoms with Gasteiger partial charge in [0.25, 0.3) is 0 Å². The van der Waals surface area contributed by atoms with E-state index in [-0.39, 0.29) is 12.4 Å². The highest BCUT2D eigenvalue weighted by Crippen LogP contribution is 2.29. The van der Waals surface area contributed by atoms with E-state index in [2.05, 4.69) is 65.9 Å². The van der Waals surface area contributed by atoms with Gasteiger partial charge in [-0.05, 0) is 54.8 Å². The summed E-state index contributed by atoms with van der Waals surface area (Å²) in [6.45, 7) is 5.15. The van der Waals surface area contributed by atoms with Gasteiger partial charge in [0.2, 0.25) is 0 Å². The minimum Gasteiger partial charge on any atom is -0.497 e. The molecule has 3 nitrogen and oxygen atoms in total. The summed E-state index contributed by atoms with van der Waals surface area (Å²) in [6, 6.07) is 20.7. The highest BCUT2D eigenvalue weighted by Gasteiger charge is 2.14. The molecular formula is C25H25ClN2O. The van der Waals surface area contributed by atoms with E-state index in [1.54, 1.807) is 7.11 Å². The lowest BCUT2D eigenvalue weighted by molar-refractivity contribution is 0.414. The Kier molecular flexibility index (Phi) is 6.40. The zero-order valence-electron chi connectivity index (χ0n) is 16.9. The second-order valence-electron chi connectivity index (χ2n) is 6.98. The van der Waals surface area contributed by atoms with Gasteiger partial charge in [0, 0.05) is 23.8 Å². The number of pyridine rings is 1. The maximum absolute atomic E-state index is 5.39. The summed E-state index contributed by atoms with van der Waals surface area (Å²) in [5.41, 5.74) is 7.10. The third kappa shape index (κ3) is 4.20. The van der Waals surface area contributed by atoms with Crippen LogP contribution in [-0.2, 0) is 6.54 Å². The van der Waals surface area contributed by atoms with E-state index in [1.165, 1.54) is 33.3 Å². The molecule has 0 bridgehead atoms. The minimum absolute atomic E-state index is 0. The van der Waals surface area contributed by atoms with Crippen molar-refractivity contribution in [2.24, 2.45) is 0 Å². The smallest absolute Gasteiger partial charge is 0.119 e. The molecule has 0 saturated heterocycles. The van der Waals surface area contributed by atoms with Gasteiger partial charge < -0.3 is 9.30 Å². The van der Waals surface area contributed by atoms with Gasteiger partial charge in [-0.25, -0.2) is 0 Å². The maximum atomic E-state index is 5.39. The molecule has 4 rings (SSSR count). The van der Waals surface area contributed by atoms with Gasteiger partial charge in [0.1, 0.15) is 5.75 Å². The van der Waals surface area contributed by atoms with Crippen molar-refractivity contribution in [1.29, 1.82) is 0 Å². The van der Waals surface area contributed by atoms with Crippen LogP contribution in [0.4, 0.5) is 0 Å². The molecule has 0 spiro atoms. The molecule has 0 atom stereocenters. The number of hydrogen-bond acceptors (Lipinski definition) is 2. The molecule has 2 aromatic heterocycles. The van der Waals surface area contributed by atoms with Crippen LogP contribution in [0, 0.1) is 13.8 Å². The fourth-order valence-corrected chi connectivity index (χ4v) is 3.63. The van der Waals surface area contributed by atoms with Gasteiger partial charge in [-0.2, -0.15) is 0 Å². The first kappa shape index (κ1) is 20.7. The number of nitrogens with zero attached hydrogens (tertiary/aromatic N) is 2. The number of rotatable bonds is 5. The maximum Gasteiger partial charge on any atom is 0.119 e. The van der Waals surface area contributed by atoms with Gasteiger partial charge in [0.05, 0.1) is 18.3 Å². The van der Waals surface area contributed by atoms with Gasteiger partial charge in [-0.3, -0.25) is 4.98 Å². The summed E-state index contributed by atoms with van der Waals surface area (Å²) >= 11 is 0. The van der Waals surface area contributed by atoms with Crippen molar-refractivity contribution in [1.82, 2.24) is 9.55 Å². The normalized spacial score (nSPS) is 11.0. The quantitative estimate of drug-likeness (QED) is 0.390. The number of methoxy groups -OCH3 is 1. The van der Waals surface area contributed by atoms with Gasteiger partial charge in [0.15, 0.2) is 0 Å². The predicted octanol–water partition coefficient (Wildman–Crippen LogP) is 6.30. The molecule has 0 unspecified atom stereocenters. The molecule has 148 valence electrons. The van der Waals surface area contributed by atoms with Crippen LogP contribution in [0.5, 0.6) is 5.75 Å². The average molecular weight is 405 g/mol. The SMILES string of the molecule is COc1cccc(Cn2c(C)c(C)c3ccnc(C=Cc4ccccc4)c32)c1.Cl. The van der Waals surface area contributed by atoms with E-state index in [0.29, 0.717) is 0 Å². The van der Waals surface area contributed by atoms with Crippen molar-refractivity contribution in [3.05, 3.63) is 94.9 Å². The Balaban J connectivity index is 0.00000240. The number of halogens is 1. The molecule has 29 heavy (non-hydrogen) atoms. The molecule has 0 aliphatic heterocycles. The predicted molar refractivity (Wildman–Crippen MR) is 124 cm³/mol. The van der Waals surface area contributed by atoms with E-state index in [4.69, 9.17) is 4.74 Å². The standard InChI is InChI=1S/C25H24N2O.ClH/c1-18-19(2)27(17-21-10-7-11-22(16-21)28-3)25-23(18)14-15-26-24(25)13-12-20-8-5-4-6-9-20;/h4-16H,17H2,1-3H3;1H. The van der Waals surface area contributed by atoms with Crippen LogP contribution in [0.3, 0.4) is 0 Å². The Hall–Kier alpha value is -3.04. The number of fused-ring (bicyclic) bond motifs is 1. The molecule has 0 aliphatic carbocycles. The molecule has 0 aliphatic rings. The van der Waals surface area contributed by atoms with Gasteiger partial charge >= 0.3 is 0 Å². The first-order valence-electron chi connectivity index (χ1n) is 9.48. The van der Waals surface area contributed by atoms with Crippen LogP contribution < -0.4 is 4.74 Å². The summed E-state index contributed by atoms with van der Waals surface area (Å²) in [4.78, 5) is 4.68. The van der Waals surface area contributed by atoms with Crippen molar-refractivity contribution in [3.8, 4) is 5.75 Å². The van der Waals surface area contributed by atoms with Crippen molar-refractivity contribution >= 4 is 35.5 Å². The summed E-state index contributed by atoms with van der Waals surface area (Å²) in [6.07, 6.45) is 6.13. The third-order valence-electron chi connectivity index (χ3n) is 5.28. The lowest BCUT2D eigenvalue weighted by Crippen LogP contribution is -2.03. The molecule has 0 saturated carbocycles. The van der Waals surface area contributed by atoms with Crippen LogP contribution in [0.25, 0.3) is 23.1 Å². The molecule has 0 N–H and O–H groups in total.